The Kier molecular flexibility index (Phi) is 6.63. The second-order valence-electron chi connectivity index (χ2n) is 5.11. The zero-order valence-electron chi connectivity index (χ0n) is 13.3. The summed E-state index contributed by atoms with van der Waals surface area (Å²) in [6, 6.07) is 9.31. The van der Waals surface area contributed by atoms with E-state index in [4.69, 9.17) is 16.3 Å². The standard InChI is InChI=1S/C17H17ClN2O3S/c1-11-5-6-12(2)14(8-11)24-10-16(22)23-9-15(21)20-13-4-3-7-19-17(13)18/h3-8H,9-10H2,1-2H3,(H,20,21). The molecule has 7 heteroatoms. The smallest absolute Gasteiger partial charge is 0.316 e. The number of esters is 1. The second-order valence-corrected chi connectivity index (χ2v) is 6.48. The fourth-order valence-corrected chi connectivity index (χ4v) is 2.94. The molecule has 0 bridgehead atoms. The predicted octanol–water partition coefficient (Wildman–Crippen LogP) is 3.63. The first-order valence-corrected chi connectivity index (χ1v) is 8.58. The van der Waals surface area contributed by atoms with Gasteiger partial charge in [0.2, 0.25) is 0 Å². The first-order valence-electron chi connectivity index (χ1n) is 7.22. The molecule has 0 saturated heterocycles. The van der Waals surface area contributed by atoms with Crippen LogP contribution >= 0.6 is 23.4 Å². The van der Waals surface area contributed by atoms with E-state index in [9.17, 15) is 9.59 Å². The van der Waals surface area contributed by atoms with Crippen LogP contribution in [0.3, 0.4) is 0 Å². The fraction of sp³-hybridized carbons (Fsp3) is 0.235. The summed E-state index contributed by atoms with van der Waals surface area (Å²) in [5.74, 6) is -0.770. The minimum absolute atomic E-state index is 0.144. The van der Waals surface area contributed by atoms with Crippen molar-refractivity contribution in [3.05, 3.63) is 52.8 Å². The molecule has 0 aliphatic heterocycles. The number of halogens is 1. The Morgan fingerprint density at radius 3 is 2.83 bits per heavy atom. The zero-order valence-corrected chi connectivity index (χ0v) is 14.9. The molecule has 5 nitrogen and oxygen atoms in total. The number of hydrogen-bond acceptors (Lipinski definition) is 5. The molecule has 1 aromatic heterocycles. The van der Waals surface area contributed by atoms with Gasteiger partial charge < -0.3 is 10.1 Å². The zero-order chi connectivity index (χ0) is 17.5. The van der Waals surface area contributed by atoms with Crippen LogP contribution in [0.1, 0.15) is 11.1 Å². The number of hydrogen-bond donors (Lipinski definition) is 1. The first kappa shape index (κ1) is 18.3. The lowest BCUT2D eigenvalue weighted by atomic mass is 10.2. The van der Waals surface area contributed by atoms with Gasteiger partial charge in [-0.1, -0.05) is 29.3 Å². The van der Waals surface area contributed by atoms with Gasteiger partial charge in [0.1, 0.15) is 0 Å². The Bertz CT molecular complexity index is 752. The highest BCUT2D eigenvalue weighted by Crippen LogP contribution is 2.23. The van der Waals surface area contributed by atoms with E-state index in [1.54, 1.807) is 12.1 Å². The molecule has 0 spiro atoms. The molecule has 1 amide bonds. The quantitative estimate of drug-likeness (QED) is 0.481. The number of carbonyl (C=O) groups excluding carboxylic acids is 2. The maximum absolute atomic E-state index is 11.8. The Morgan fingerprint density at radius 1 is 1.29 bits per heavy atom. The van der Waals surface area contributed by atoms with Gasteiger partial charge in [-0.05, 0) is 37.6 Å². The number of aryl methyl sites for hydroxylation is 2. The number of carbonyl (C=O) groups is 2. The van der Waals surface area contributed by atoms with Crippen molar-refractivity contribution in [3.8, 4) is 0 Å². The van der Waals surface area contributed by atoms with E-state index >= 15 is 0 Å². The van der Waals surface area contributed by atoms with Crippen LogP contribution in [0.15, 0.2) is 41.4 Å². The first-order chi connectivity index (χ1) is 11.5. The largest absolute Gasteiger partial charge is 0.455 e. The number of anilines is 1. The van der Waals surface area contributed by atoms with Crippen LogP contribution in [-0.4, -0.2) is 29.2 Å². The van der Waals surface area contributed by atoms with Crippen molar-refractivity contribution >= 4 is 40.9 Å². The maximum atomic E-state index is 11.8. The van der Waals surface area contributed by atoms with Crippen LogP contribution < -0.4 is 5.32 Å². The predicted molar refractivity (Wildman–Crippen MR) is 95.5 cm³/mol. The van der Waals surface area contributed by atoms with Gasteiger partial charge in [0, 0.05) is 11.1 Å². The topological polar surface area (TPSA) is 68.3 Å². The van der Waals surface area contributed by atoms with Gasteiger partial charge in [-0.15, -0.1) is 11.8 Å². The molecule has 0 radical (unpaired) electrons. The van der Waals surface area contributed by atoms with E-state index < -0.39 is 11.9 Å². The van der Waals surface area contributed by atoms with Crippen LogP contribution in [-0.2, 0) is 14.3 Å². The van der Waals surface area contributed by atoms with Crippen LogP contribution in [0, 0.1) is 13.8 Å². The van der Waals surface area contributed by atoms with E-state index in [0.717, 1.165) is 16.0 Å². The SMILES string of the molecule is Cc1ccc(C)c(SCC(=O)OCC(=O)Nc2cccnc2Cl)c1. The van der Waals surface area contributed by atoms with Crippen LogP contribution in [0.5, 0.6) is 0 Å². The van der Waals surface area contributed by atoms with E-state index in [-0.39, 0.29) is 17.5 Å². The molecule has 0 atom stereocenters. The lowest BCUT2D eigenvalue weighted by Crippen LogP contribution is -2.21. The Labute approximate surface area is 149 Å². The average molecular weight is 365 g/mol. The van der Waals surface area contributed by atoms with E-state index in [1.807, 2.05) is 32.0 Å². The molecule has 24 heavy (non-hydrogen) atoms. The van der Waals surface area contributed by atoms with Crippen LogP contribution in [0.25, 0.3) is 0 Å². The number of ether oxygens (including phenoxy) is 1. The third-order valence-electron chi connectivity index (χ3n) is 3.09. The molecule has 0 fully saturated rings. The molecule has 0 saturated carbocycles. The summed E-state index contributed by atoms with van der Waals surface area (Å²) in [5, 5.41) is 2.72. The highest BCUT2D eigenvalue weighted by Gasteiger charge is 2.11. The van der Waals surface area contributed by atoms with Crippen molar-refractivity contribution in [3.63, 3.8) is 0 Å². The third-order valence-corrected chi connectivity index (χ3v) is 4.52. The Hall–Kier alpha value is -2.05. The molecule has 1 heterocycles. The van der Waals surface area contributed by atoms with Gasteiger partial charge >= 0.3 is 5.97 Å². The fourth-order valence-electron chi connectivity index (χ4n) is 1.85. The summed E-state index contributed by atoms with van der Waals surface area (Å²) in [4.78, 5) is 28.4. The van der Waals surface area contributed by atoms with E-state index in [2.05, 4.69) is 10.3 Å². The summed E-state index contributed by atoms with van der Waals surface area (Å²) in [6.45, 7) is 3.62. The van der Waals surface area contributed by atoms with Gasteiger partial charge in [0.25, 0.3) is 5.91 Å². The van der Waals surface area contributed by atoms with Gasteiger partial charge in [0.05, 0.1) is 11.4 Å². The lowest BCUT2D eigenvalue weighted by molar-refractivity contribution is -0.144. The summed E-state index contributed by atoms with van der Waals surface area (Å²) < 4.78 is 4.97. The van der Waals surface area contributed by atoms with Gasteiger partial charge in [-0.3, -0.25) is 9.59 Å². The van der Waals surface area contributed by atoms with Crippen LogP contribution in [0.4, 0.5) is 5.69 Å². The van der Waals surface area contributed by atoms with Crippen molar-refractivity contribution < 1.29 is 14.3 Å². The number of nitrogens with zero attached hydrogens (tertiary/aromatic N) is 1. The van der Waals surface area contributed by atoms with Crippen molar-refractivity contribution in [2.75, 3.05) is 17.7 Å². The summed E-state index contributed by atoms with van der Waals surface area (Å²) in [5.41, 5.74) is 2.61. The van der Waals surface area contributed by atoms with Gasteiger partial charge in [-0.2, -0.15) is 0 Å². The number of amides is 1. The molecule has 1 aromatic carbocycles. The summed E-state index contributed by atoms with van der Waals surface area (Å²) in [7, 11) is 0. The molecular formula is C17H17ClN2O3S. The summed E-state index contributed by atoms with van der Waals surface area (Å²) >= 11 is 7.23. The molecule has 0 aliphatic carbocycles. The number of benzene rings is 1. The van der Waals surface area contributed by atoms with E-state index in [1.165, 1.54) is 18.0 Å². The van der Waals surface area contributed by atoms with Gasteiger partial charge in [0.15, 0.2) is 11.8 Å². The molecular weight excluding hydrogens is 348 g/mol. The number of nitrogens with one attached hydrogen (secondary N) is 1. The molecule has 0 unspecified atom stereocenters. The highest BCUT2D eigenvalue weighted by atomic mass is 35.5. The van der Waals surface area contributed by atoms with Crippen molar-refractivity contribution in [2.24, 2.45) is 0 Å². The maximum Gasteiger partial charge on any atom is 0.316 e. The Morgan fingerprint density at radius 2 is 2.08 bits per heavy atom. The van der Waals surface area contributed by atoms with E-state index in [0.29, 0.717) is 5.69 Å². The third kappa shape index (κ3) is 5.54. The molecule has 126 valence electrons. The number of aromatic nitrogens is 1. The molecule has 1 N–H and O–H groups in total. The number of rotatable bonds is 6. The molecule has 2 rings (SSSR count). The molecule has 2 aromatic rings. The lowest BCUT2D eigenvalue weighted by Gasteiger charge is -2.08. The normalized spacial score (nSPS) is 10.3. The second kappa shape index (κ2) is 8.70. The molecule has 0 aliphatic rings. The minimum Gasteiger partial charge on any atom is -0.455 e. The number of thioether (sulfide) groups is 1. The van der Waals surface area contributed by atoms with Gasteiger partial charge in [-0.25, -0.2) is 4.98 Å². The monoisotopic (exact) mass is 364 g/mol. The minimum atomic E-state index is -0.463. The summed E-state index contributed by atoms with van der Waals surface area (Å²) in [6.07, 6.45) is 1.52. The van der Waals surface area contributed by atoms with Crippen molar-refractivity contribution in [1.82, 2.24) is 4.98 Å². The van der Waals surface area contributed by atoms with Crippen molar-refractivity contribution in [2.45, 2.75) is 18.7 Å². The highest BCUT2D eigenvalue weighted by molar-refractivity contribution is 8.00. The Balaban J connectivity index is 1.77. The van der Waals surface area contributed by atoms with Crippen LogP contribution in [0.2, 0.25) is 5.15 Å². The van der Waals surface area contributed by atoms with Crippen molar-refractivity contribution in [1.29, 1.82) is 0 Å². The average Bonchev–Trinajstić information content (AvgIpc) is 2.56. The number of pyridine rings is 1.